The van der Waals surface area contributed by atoms with Crippen molar-refractivity contribution in [2.45, 2.75) is 0 Å². The Balaban J connectivity index is 1.19. The Hall–Kier alpha value is -5.44. The SMILES string of the molecule is c1ccc(N(c2ccc(-c3cc4ccccc4c4ccccc34)cc2)c2ccc3c(c2)sc2c4ccccc4ccc32)cc1. The lowest BCUT2D eigenvalue weighted by Gasteiger charge is -2.26. The summed E-state index contributed by atoms with van der Waals surface area (Å²) in [5, 5.41) is 10.4. The monoisotopic (exact) mass is 577 g/mol. The summed E-state index contributed by atoms with van der Waals surface area (Å²) in [4.78, 5) is 2.37. The van der Waals surface area contributed by atoms with Gasteiger partial charge in [-0.05, 0) is 85.9 Å². The van der Waals surface area contributed by atoms with Crippen LogP contribution in [-0.2, 0) is 0 Å². The Labute approximate surface area is 259 Å². The minimum Gasteiger partial charge on any atom is -0.310 e. The summed E-state index contributed by atoms with van der Waals surface area (Å²) in [7, 11) is 0. The van der Waals surface area contributed by atoms with Gasteiger partial charge in [-0.2, -0.15) is 0 Å². The average Bonchev–Trinajstić information content (AvgIpc) is 3.47. The molecule has 0 fully saturated rings. The number of rotatable bonds is 4. The Kier molecular flexibility index (Phi) is 5.75. The second-order valence-corrected chi connectivity index (χ2v) is 12.4. The summed E-state index contributed by atoms with van der Waals surface area (Å²) in [6.07, 6.45) is 0. The Morgan fingerprint density at radius 1 is 0.364 bits per heavy atom. The highest BCUT2D eigenvalue weighted by Gasteiger charge is 2.16. The van der Waals surface area contributed by atoms with Gasteiger partial charge < -0.3 is 4.90 Å². The van der Waals surface area contributed by atoms with Crippen LogP contribution in [0.25, 0.3) is 63.6 Å². The van der Waals surface area contributed by atoms with Crippen LogP contribution in [0.2, 0.25) is 0 Å². The molecule has 0 spiro atoms. The quantitative estimate of drug-likeness (QED) is 0.188. The van der Waals surface area contributed by atoms with Crippen LogP contribution in [0.3, 0.4) is 0 Å². The predicted octanol–water partition coefficient (Wildman–Crippen LogP) is 12.7. The molecule has 0 N–H and O–H groups in total. The molecule has 0 bridgehead atoms. The van der Waals surface area contributed by atoms with E-state index in [9.17, 15) is 0 Å². The van der Waals surface area contributed by atoms with E-state index in [0.29, 0.717) is 0 Å². The van der Waals surface area contributed by atoms with Crippen molar-refractivity contribution in [1.29, 1.82) is 0 Å². The van der Waals surface area contributed by atoms with Crippen molar-refractivity contribution in [2.24, 2.45) is 0 Å². The Morgan fingerprint density at radius 2 is 0.977 bits per heavy atom. The second-order valence-electron chi connectivity index (χ2n) is 11.4. The highest BCUT2D eigenvalue weighted by Crippen LogP contribution is 2.43. The topological polar surface area (TPSA) is 3.24 Å². The van der Waals surface area contributed by atoms with Gasteiger partial charge in [0.05, 0.1) is 0 Å². The normalized spacial score (nSPS) is 11.6. The zero-order valence-corrected chi connectivity index (χ0v) is 24.8. The molecule has 0 saturated carbocycles. The first kappa shape index (κ1) is 25.1. The molecule has 8 aromatic carbocycles. The van der Waals surface area contributed by atoms with Gasteiger partial charge >= 0.3 is 0 Å². The first-order valence-electron chi connectivity index (χ1n) is 15.0. The number of benzene rings is 8. The highest BCUT2D eigenvalue weighted by atomic mass is 32.1. The molecular weight excluding hydrogens is 551 g/mol. The van der Waals surface area contributed by atoms with E-state index in [4.69, 9.17) is 0 Å². The van der Waals surface area contributed by atoms with Crippen LogP contribution in [0.4, 0.5) is 17.1 Å². The molecule has 0 aliphatic carbocycles. The van der Waals surface area contributed by atoms with Crippen LogP contribution in [-0.4, -0.2) is 0 Å². The van der Waals surface area contributed by atoms with Crippen molar-refractivity contribution < 1.29 is 0 Å². The Morgan fingerprint density at radius 3 is 1.80 bits per heavy atom. The summed E-state index contributed by atoms with van der Waals surface area (Å²) < 4.78 is 2.66. The van der Waals surface area contributed by atoms with Crippen LogP contribution in [0.1, 0.15) is 0 Å². The number of fused-ring (bicyclic) bond motifs is 8. The molecule has 1 heterocycles. The minimum absolute atomic E-state index is 1.14. The van der Waals surface area contributed by atoms with Crippen LogP contribution in [0, 0.1) is 0 Å². The summed E-state index contributed by atoms with van der Waals surface area (Å²) in [6, 6.07) is 59.6. The molecule has 0 saturated heterocycles. The van der Waals surface area contributed by atoms with E-state index in [1.54, 1.807) is 0 Å². The molecule has 0 atom stereocenters. The van der Waals surface area contributed by atoms with Gasteiger partial charge in [0.15, 0.2) is 0 Å². The lowest BCUT2D eigenvalue weighted by molar-refractivity contribution is 1.29. The number of nitrogens with zero attached hydrogens (tertiary/aromatic N) is 1. The maximum absolute atomic E-state index is 2.37. The molecule has 206 valence electrons. The first-order chi connectivity index (χ1) is 21.8. The summed E-state index contributed by atoms with van der Waals surface area (Å²) in [5.74, 6) is 0. The number of hydrogen-bond acceptors (Lipinski definition) is 2. The zero-order chi connectivity index (χ0) is 29.0. The van der Waals surface area contributed by atoms with Gasteiger partial charge in [-0.15, -0.1) is 11.3 Å². The first-order valence-corrected chi connectivity index (χ1v) is 15.8. The van der Waals surface area contributed by atoms with E-state index < -0.39 is 0 Å². The van der Waals surface area contributed by atoms with Gasteiger partial charge in [-0.3, -0.25) is 0 Å². The lowest BCUT2D eigenvalue weighted by atomic mass is 9.93. The molecule has 9 aromatic rings. The summed E-state index contributed by atoms with van der Waals surface area (Å²) in [6.45, 7) is 0. The van der Waals surface area contributed by atoms with Gasteiger partial charge in [-0.25, -0.2) is 0 Å². The number of hydrogen-bond donors (Lipinski definition) is 0. The van der Waals surface area contributed by atoms with Crippen molar-refractivity contribution in [3.05, 3.63) is 164 Å². The number of thiophene rings is 1. The standard InChI is InChI=1S/C42H27NS/c1-2-12-31(13-3-1)43(33-23-25-38-39-24-20-28-10-4-7-15-35(28)42(39)44-41(38)27-33)32-21-18-29(19-22-32)40-26-30-11-5-6-14-34(30)36-16-8-9-17-37(36)40/h1-27H. The molecule has 1 nitrogen and oxygen atoms in total. The van der Waals surface area contributed by atoms with Crippen molar-refractivity contribution >= 4 is 80.9 Å². The van der Waals surface area contributed by atoms with E-state index in [1.165, 1.54) is 63.6 Å². The third kappa shape index (κ3) is 4.00. The van der Waals surface area contributed by atoms with E-state index in [2.05, 4.69) is 169 Å². The van der Waals surface area contributed by atoms with Crippen molar-refractivity contribution in [3.63, 3.8) is 0 Å². The Bertz CT molecular complexity index is 2490. The van der Waals surface area contributed by atoms with E-state index >= 15 is 0 Å². The molecule has 0 unspecified atom stereocenters. The van der Waals surface area contributed by atoms with Crippen molar-refractivity contribution in [3.8, 4) is 11.1 Å². The molecular formula is C42H27NS. The van der Waals surface area contributed by atoms with Crippen molar-refractivity contribution in [2.75, 3.05) is 4.90 Å². The highest BCUT2D eigenvalue weighted by molar-refractivity contribution is 7.26. The van der Waals surface area contributed by atoms with Gasteiger partial charge in [-0.1, -0.05) is 121 Å². The zero-order valence-electron chi connectivity index (χ0n) is 23.9. The lowest BCUT2D eigenvalue weighted by Crippen LogP contribution is -2.09. The van der Waals surface area contributed by atoms with Gasteiger partial charge in [0.1, 0.15) is 0 Å². The number of anilines is 3. The largest absolute Gasteiger partial charge is 0.310 e. The van der Waals surface area contributed by atoms with Crippen LogP contribution < -0.4 is 4.90 Å². The second kappa shape index (κ2) is 10.1. The van der Waals surface area contributed by atoms with Crippen molar-refractivity contribution in [1.82, 2.24) is 0 Å². The van der Waals surface area contributed by atoms with Crippen LogP contribution in [0.15, 0.2) is 164 Å². The average molecular weight is 578 g/mol. The van der Waals surface area contributed by atoms with Crippen LogP contribution >= 0.6 is 11.3 Å². The maximum Gasteiger partial charge on any atom is 0.0476 e. The van der Waals surface area contributed by atoms with Gasteiger partial charge in [0.25, 0.3) is 0 Å². The molecule has 9 rings (SSSR count). The fourth-order valence-electron chi connectivity index (χ4n) is 6.74. The molecule has 0 radical (unpaired) electrons. The van der Waals surface area contributed by atoms with E-state index in [-0.39, 0.29) is 0 Å². The van der Waals surface area contributed by atoms with E-state index in [1.807, 2.05) is 11.3 Å². The fraction of sp³-hybridized carbons (Fsp3) is 0. The van der Waals surface area contributed by atoms with E-state index in [0.717, 1.165) is 17.1 Å². The minimum atomic E-state index is 1.14. The number of para-hydroxylation sites is 1. The molecule has 0 amide bonds. The third-order valence-electron chi connectivity index (χ3n) is 8.82. The fourth-order valence-corrected chi connectivity index (χ4v) is 8.01. The van der Waals surface area contributed by atoms with Gasteiger partial charge in [0, 0.05) is 37.2 Å². The van der Waals surface area contributed by atoms with Crippen LogP contribution in [0.5, 0.6) is 0 Å². The summed E-state index contributed by atoms with van der Waals surface area (Å²) >= 11 is 1.89. The molecule has 0 aliphatic heterocycles. The molecule has 44 heavy (non-hydrogen) atoms. The molecule has 1 aromatic heterocycles. The molecule has 0 aliphatic rings. The maximum atomic E-state index is 2.37. The van der Waals surface area contributed by atoms with Gasteiger partial charge in [0.2, 0.25) is 0 Å². The molecule has 2 heteroatoms. The third-order valence-corrected chi connectivity index (χ3v) is 10.0. The predicted molar refractivity (Wildman–Crippen MR) is 192 cm³/mol. The summed E-state index contributed by atoms with van der Waals surface area (Å²) in [5.41, 5.74) is 5.91. The smallest absolute Gasteiger partial charge is 0.0476 e.